The summed E-state index contributed by atoms with van der Waals surface area (Å²) in [6.45, 7) is 10.5. The van der Waals surface area contributed by atoms with Gasteiger partial charge >= 0.3 is 6.09 Å². The largest absolute Gasteiger partial charge is 0.444 e. The van der Waals surface area contributed by atoms with E-state index in [1.807, 2.05) is 20.8 Å². The van der Waals surface area contributed by atoms with Crippen molar-refractivity contribution in [2.45, 2.75) is 26.4 Å². The van der Waals surface area contributed by atoms with Crippen LogP contribution < -0.4 is 11.9 Å². The summed E-state index contributed by atoms with van der Waals surface area (Å²) in [5.74, 6) is 0. The normalized spacial score (nSPS) is 17.5. The lowest BCUT2D eigenvalue weighted by Crippen LogP contribution is -2.50. The van der Waals surface area contributed by atoms with Crippen molar-refractivity contribution >= 4 is 6.09 Å². The summed E-state index contributed by atoms with van der Waals surface area (Å²) in [6, 6.07) is 0. The van der Waals surface area contributed by atoms with Crippen LogP contribution >= 0.6 is 0 Å². The summed E-state index contributed by atoms with van der Waals surface area (Å²) in [7, 11) is 0. The molecule has 0 unspecified atom stereocenters. The lowest BCUT2D eigenvalue weighted by atomic mass is 10.2. The first-order chi connectivity index (χ1) is 7.42. The van der Waals surface area contributed by atoms with Gasteiger partial charge in [0.2, 0.25) is 0 Å². The van der Waals surface area contributed by atoms with Crippen LogP contribution in [-0.2, 0) is 4.74 Å². The molecule has 1 saturated heterocycles. The van der Waals surface area contributed by atoms with Gasteiger partial charge < -0.3 is 21.5 Å². The zero-order valence-corrected chi connectivity index (χ0v) is 11.2. The van der Waals surface area contributed by atoms with Crippen molar-refractivity contribution in [1.29, 1.82) is 0 Å². The van der Waals surface area contributed by atoms with Crippen LogP contribution in [0.5, 0.6) is 0 Å². The molecule has 0 spiro atoms. The monoisotopic (exact) mass is 246 g/mol. The molecule has 6 nitrogen and oxygen atoms in total. The summed E-state index contributed by atoms with van der Waals surface area (Å²) < 4.78 is 5.32. The molecule has 0 saturated carbocycles. The van der Waals surface area contributed by atoms with E-state index in [0.29, 0.717) is 6.54 Å². The molecule has 0 bridgehead atoms. The fraction of sp³-hybridized carbons (Fsp3) is 0.909. The zero-order chi connectivity index (χ0) is 12.2. The van der Waals surface area contributed by atoms with E-state index < -0.39 is 5.60 Å². The van der Waals surface area contributed by atoms with Gasteiger partial charge in [-0.2, -0.15) is 0 Å². The molecule has 0 aromatic rings. The van der Waals surface area contributed by atoms with E-state index in [4.69, 9.17) is 10.5 Å². The summed E-state index contributed by atoms with van der Waals surface area (Å²) in [6.07, 6.45) is -0.208. The summed E-state index contributed by atoms with van der Waals surface area (Å²) in [5.41, 5.74) is 5.08. The quantitative estimate of drug-likeness (QED) is 0.746. The lowest BCUT2D eigenvalue weighted by Gasteiger charge is -2.35. The Kier molecular flexibility index (Phi) is 6.44. The van der Waals surface area contributed by atoms with E-state index >= 15 is 0 Å². The molecule has 17 heavy (non-hydrogen) atoms. The molecule has 1 aliphatic rings. The highest BCUT2D eigenvalue weighted by Crippen LogP contribution is 2.11. The Morgan fingerprint density at radius 3 is 2.18 bits per heavy atom. The molecular formula is C11H26N4O2. The minimum atomic E-state index is -0.411. The lowest BCUT2D eigenvalue weighted by molar-refractivity contribution is 0.0148. The molecule has 1 aliphatic heterocycles. The fourth-order valence-corrected chi connectivity index (χ4v) is 1.66. The molecule has 1 rings (SSSR count). The molecule has 1 heterocycles. The maximum atomic E-state index is 11.7. The van der Waals surface area contributed by atoms with Gasteiger partial charge in [0.25, 0.3) is 0 Å². The van der Waals surface area contributed by atoms with E-state index in [1.165, 1.54) is 0 Å². The van der Waals surface area contributed by atoms with E-state index in [2.05, 4.69) is 4.90 Å². The van der Waals surface area contributed by atoms with Crippen molar-refractivity contribution in [2.24, 2.45) is 5.73 Å². The Morgan fingerprint density at radius 1 is 1.24 bits per heavy atom. The highest BCUT2D eigenvalue weighted by Gasteiger charge is 2.25. The maximum Gasteiger partial charge on any atom is 0.410 e. The van der Waals surface area contributed by atoms with Gasteiger partial charge in [0.05, 0.1) is 0 Å². The van der Waals surface area contributed by atoms with Crippen LogP contribution in [-0.4, -0.2) is 60.8 Å². The van der Waals surface area contributed by atoms with Crippen molar-refractivity contribution in [3.8, 4) is 0 Å². The first-order valence-corrected chi connectivity index (χ1v) is 5.83. The van der Waals surface area contributed by atoms with Crippen molar-refractivity contribution in [2.75, 3.05) is 39.3 Å². The third-order valence-corrected chi connectivity index (χ3v) is 2.47. The zero-order valence-electron chi connectivity index (χ0n) is 11.2. The smallest absolute Gasteiger partial charge is 0.410 e. The van der Waals surface area contributed by atoms with E-state index in [1.54, 1.807) is 4.90 Å². The third kappa shape index (κ3) is 5.86. The number of hydrogen-bond donors (Lipinski definition) is 2. The predicted octanol–water partition coefficient (Wildman–Crippen LogP) is 0.660. The van der Waals surface area contributed by atoms with Gasteiger partial charge in [0, 0.05) is 39.3 Å². The topological polar surface area (TPSA) is 93.8 Å². The Balaban J connectivity index is 0.00000256. The summed E-state index contributed by atoms with van der Waals surface area (Å²) in [4.78, 5) is 15.8. The molecule has 102 valence electrons. The number of rotatable bonds is 2. The first kappa shape index (κ1) is 16.1. The Labute approximate surface area is 104 Å². The number of ether oxygens (including phenoxy) is 1. The predicted molar refractivity (Wildman–Crippen MR) is 68.3 cm³/mol. The van der Waals surface area contributed by atoms with Gasteiger partial charge in [0.1, 0.15) is 5.60 Å². The number of nitrogens with two attached hydrogens (primary N) is 1. The summed E-state index contributed by atoms with van der Waals surface area (Å²) >= 11 is 0. The molecule has 6 heteroatoms. The molecule has 5 N–H and O–H groups in total. The second kappa shape index (κ2) is 6.78. The third-order valence-electron chi connectivity index (χ3n) is 2.47. The minimum Gasteiger partial charge on any atom is -0.444 e. The molecule has 0 aromatic carbocycles. The van der Waals surface area contributed by atoms with E-state index in [-0.39, 0.29) is 12.2 Å². The molecule has 0 atom stereocenters. The van der Waals surface area contributed by atoms with Gasteiger partial charge in [-0.1, -0.05) is 0 Å². The highest BCUT2D eigenvalue weighted by molar-refractivity contribution is 5.68. The average molecular weight is 246 g/mol. The van der Waals surface area contributed by atoms with Crippen LogP contribution in [0.2, 0.25) is 0 Å². The SMILES string of the molecule is CC(C)(C)OC(=O)N1CCN(CCN)CC1.N. The minimum absolute atomic E-state index is 0. The van der Waals surface area contributed by atoms with Crippen LogP contribution in [0.1, 0.15) is 20.8 Å². The van der Waals surface area contributed by atoms with Crippen molar-refractivity contribution in [1.82, 2.24) is 16.0 Å². The molecule has 0 aliphatic carbocycles. The number of nitrogens with zero attached hydrogens (tertiary/aromatic N) is 2. The van der Waals surface area contributed by atoms with Crippen LogP contribution in [0.3, 0.4) is 0 Å². The number of amides is 1. The van der Waals surface area contributed by atoms with Gasteiger partial charge in [-0.25, -0.2) is 4.79 Å². The van der Waals surface area contributed by atoms with Crippen molar-refractivity contribution in [3.05, 3.63) is 0 Å². The van der Waals surface area contributed by atoms with E-state index in [9.17, 15) is 4.79 Å². The second-order valence-electron chi connectivity index (χ2n) is 5.10. The number of hydrogen-bond acceptors (Lipinski definition) is 5. The molecule has 0 aromatic heterocycles. The number of piperazine rings is 1. The van der Waals surface area contributed by atoms with Crippen LogP contribution in [0.25, 0.3) is 0 Å². The van der Waals surface area contributed by atoms with Crippen LogP contribution in [0.15, 0.2) is 0 Å². The van der Waals surface area contributed by atoms with Crippen molar-refractivity contribution < 1.29 is 9.53 Å². The Hall–Kier alpha value is -0.850. The second-order valence-corrected chi connectivity index (χ2v) is 5.10. The van der Waals surface area contributed by atoms with Gasteiger partial charge in [-0.3, -0.25) is 4.90 Å². The number of carbonyl (C=O) groups excluding carboxylic acids is 1. The van der Waals surface area contributed by atoms with Crippen LogP contribution in [0.4, 0.5) is 4.79 Å². The Bertz CT molecular complexity index is 232. The van der Waals surface area contributed by atoms with E-state index in [0.717, 1.165) is 32.7 Å². The standard InChI is InChI=1S/C11H23N3O2.H3N/c1-11(2,3)16-10(15)14-8-6-13(5-4-12)7-9-14;/h4-9,12H2,1-3H3;1H3. The molecule has 1 fully saturated rings. The number of carbonyl (C=O) groups is 1. The van der Waals surface area contributed by atoms with Gasteiger partial charge in [-0.15, -0.1) is 0 Å². The van der Waals surface area contributed by atoms with Crippen molar-refractivity contribution in [3.63, 3.8) is 0 Å². The van der Waals surface area contributed by atoms with Crippen LogP contribution in [0, 0.1) is 0 Å². The Morgan fingerprint density at radius 2 is 1.76 bits per heavy atom. The average Bonchev–Trinajstić information content (AvgIpc) is 2.16. The first-order valence-electron chi connectivity index (χ1n) is 5.83. The molecule has 0 radical (unpaired) electrons. The fourth-order valence-electron chi connectivity index (χ4n) is 1.66. The highest BCUT2D eigenvalue weighted by atomic mass is 16.6. The molecule has 1 amide bonds. The van der Waals surface area contributed by atoms with Gasteiger partial charge in [0.15, 0.2) is 0 Å². The molecular weight excluding hydrogens is 220 g/mol. The maximum absolute atomic E-state index is 11.7. The van der Waals surface area contributed by atoms with Gasteiger partial charge in [-0.05, 0) is 20.8 Å². The summed E-state index contributed by atoms with van der Waals surface area (Å²) in [5, 5.41) is 0.